The minimum atomic E-state index is 0.110. The Hall–Kier alpha value is -1.22. The van der Waals surface area contributed by atoms with Crippen molar-refractivity contribution in [2.24, 2.45) is 0 Å². The summed E-state index contributed by atoms with van der Waals surface area (Å²) < 4.78 is 11.3. The summed E-state index contributed by atoms with van der Waals surface area (Å²) >= 11 is 0. The van der Waals surface area contributed by atoms with E-state index in [9.17, 15) is 0 Å². The summed E-state index contributed by atoms with van der Waals surface area (Å²) in [6.45, 7) is 8.94. The third-order valence-corrected chi connectivity index (χ3v) is 3.51. The summed E-state index contributed by atoms with van der Waals surface area (Å²) in [6.07, 6.45) is 2.28. The van der Waals surface area contributed by atoms with E-state index in [4.69, 9.17) is 9.47 Å². The lowest BCUT2D eigenvalue weighted by atomic mass is 9.81. The lowest BCUT2D eigenvalue weighted by molar-refractivity contribution is 0.0559. The van der Waals surface area contributed by atoms with Crippen LogP contribution >= 0.6 is 0 Å². The van der Waals surface area contributed by atoms with Gasteiger partial charge in [-0.2, -0.15) is 0 Å². The Morgan fingerprint density at radius 2 is 1.42 bits per heavy atom. The van der Waals surface area contributed by atoms with Crippen LogP contribution in [0.25, 0.3) is 0 Å². The van der Waals surface area contributed by atoms with Gasteiger partial charge in [0.25, 0.3) is 0 Å². The zero-order chi connectivity index (χ0) is 14.1. The molecule has 1 aromatic rings. The zero-order valence-corrected chi connectivity index (χ0v) is 12.6. The van der Waals surface area contributed by atoms with Crippen LogP contribution in [0.4, 0.5) is 0 Å². The fourth-order valence-corrected chi connectivity index (χ4v) is 3.16. The molecular weight excluding hydrogens is 238 g/mol. The maximum Gasteiger partial charge on any atom is 0.119 e. The van der Waals surface area contributed by atoms with Crippen molar-refractivity contribution < 1.29 is 9.47 Å². The first-order chi connectivity index (χ1) is 8.80. The van der Waals surface area contributed by atoms with Crippen molar-refractivity contribution in [1.29, 1.82) is 0 Å². The topological polar surface area (TPSA) is 30.5 Å². The van der Waals surface area contributed by atoms with E-state index >= 15 is 0 Å². The van der Waals surface area contributed by atoms with Gasteiger partial charge in [-0.15, -0.1) is 0 Å². The Labute approximate surface area is 116 Å². The van der Waals surface area contributed by atoms with Crippen LogP contribution in [0, 0.1) is 0 Å². The first kappa shape index (κ1) is 14.2. The van der Waals surface area contributed by atoms with Crippen LogP contribution in [0.15, 0.2) is 24.3 Å². The molecule has 1 aromatic carbocycles. The van der Waals surface area contributed by atoms with Gasteiger partial charge >= 0.3 is 0 Å². The van der Waals surface area contributed by atoms with Gasteiger partial charge in [-0.3, -0.25) is 0 Å². The van der Waals surface area contributed by atoms with E-state index in [-0.39, 0.29) is 17.2 Å². The molecule has 3 heteroatoms. The van der Waals surface area contributed by atoms with Gasteiger partial charge in [-0.1, -0.05) is 0 Å². The molecule has 1 aliphatic rings. The second-order valence-electron chi connectivity index (χ2n) is 6.72. The zero-order valence-electron chi connectivity index (χ0n) is 12.6. The number of methoxy groups -OCH3 is 1. The van der Waals surface area contributed by atoms with Crippen LogP contribution in [-0.2, 0) is 0 Å². The molecule has 0 bridgehead atoms. The molecule has 3 nitrogen and oxygen atoms in total. The average Bonchev–Trinajstić information content (AvgIpc) is 2.25. The Balaban J connectivity index is 2.05. The molecule has 19 heavy (non-hydrogen) atoms. The number of benzene rings is 1. The van der Waals surface area contributed by atoms with Crippen molar-refractivity contribution in [3.63, 3.8) is 0 Å². The van der Waals surface area contributed by atoms with Crippen LogP contribution in [0.5, 0.6) is 11.5 Å². The predicted octanol–water partition coefficient (Wildman–Crippen LogP) is 3.38. The van der Waals surface area contributed by atoms with Crippen molar-refractivity contribution in [3.05, 3.63) is 24.3 Å². The summed E-state index contributed by atoms with van der Waals surface area (Å²) in [7, 11) is 1.67. The maximum atomic E-state index is 6.13. The summed E-state index contributed by atoms with van der Waals surface area (Å²) in [6, 6.07) is 7.82. The smallest absolute Gasteiger partial charge is 0.119 e. The van der Waals surface area contributed by atoms with Crippen molar-refractivity contribution in [2.75, 3.05) is 7.11 Å². The Morgan fingerprint density at radius 3 is 1.89 bits per heavy atom. The van der Waals surface area contributed by atoms with E-state index in [1.54, 1.807) is 7.11 Å². The van der Waals surface area contributed by atoms with Gasteiger partial charge < -0.3 is 14.8 Å². The predicted molar refractivity (Wildman–Crippen MR) is 77.9 cm³/mol. The molecule has 1 aliphatic heterocycles. The Bertz CT molecular complexity index is 407. The van der Waals surface area contributed by atoms with E-state index in [0.717, 1.165) is 24.3 Å². The summed E-state index contributed by atoms with van der Waals surface area (Å²) in [5.74, 6) is 1.78. The quantitative estimate of drug-likeness (QED) is 0.907. The fraction of sp³-hybridized carbons (Fsp3) is 0.625. The Morgan fingerprint density at radius 1 is 0.947 bits per heavy atom. The highest BCUT2D eigenvalue weighted by Crippen LogP contribution is 2.31. The van der Waals surface area contributed by atoms with E-state index in [1.807, 2.05) is 24.3 Å². The molecule has 1 N–H and O–H groups in total. The molecule has 0 amide bonds. The summed E-state index contributed by atoms with van der Waals surface area (Å²) in [5.41, 5.74) is 0.220. The van der Waals surface area contributed by atoms with Crippen molar-refractivity contribution in [1.82, 2.24) is 5.32 Å². The highest BCUT2D eigenvalue weighted by atomic mass is 16.5. The lowest BCUT2D eigenvalue weighted by Gasteiger charge is -2.46. The molecule has 1 saturated heterocycles. The number of piperidine rings is 1. The third-order valence-electron chi connectivity index (χ3n) is 3.51. The van der Waals surface area contributed by atoms with E-state index in [1.165, 1.54) is 0 Å². The molecule has 0 saturated carbocycles. The van der Waals surface area contributed by atoms with Gasteiger partial charge in [0.05, 0.1) is 7.11 Å². The highest BCUT2D eigenvalue weighted by Gasteiger charge is 2.38. The third kappa shape index (κ3) is 3.87. The highest BCUT2D eigenvalue weighted by molar-refractivity contribution is 5.31. The van der Waals surface area contributed by atoms with Crippen LogP contribution in [0.2, 0.25) is 0 Å². The molecule has 1 fully saturated rings. The molecular formula is C16H25NO2. The van der Waals surface area contributed by atoms with Gasteiger partial charge in [-0.05, 0) is 52.0 Å². The normalized spacial score (nSPS) is 21.9. The maximum absolute atomic E-state index is 6.13. The van der Waals surface area contributed by atoms with Crippen LogP contribution in [0.3, 0.4) is 0 Å². The summed E-state index contributed by atoms with van der Waals surface area (Å²) in [5, 5.41) is 3.67. The van der Waals surface area contributed by atoms with Gasteiger partial charge in [0, 0.05) is 23.9 Å². The van der Waals surface area contributed by atoms with E-state index < -0.39 is 0 Å². The first-order valence-corrected chi connectivity index (χ1v) is 6.90. The van der Waals surface area contributed by atoms with Gasteiger partial charge in [0.15, 0.2) is 0 Å². The number of rotatable bonds is 3. The molecule has 0 spiro atoms. The summed E-state index contributed by atoms with van der Waals surface area (Å²) in [4.78, 5) is 0. The minimum absolute atomic E-state index is 0.110. The number of hydrogen-bond donors (Lipinski definition) is 1. The average molecular weight is 263 g/mol. The number of ether oxygens (including phenoxy) is 2. The second-order valence-corrected chi connectivity index (χ2v) is 6.72. The van der Waals surface area contributed by atoms with Crippen molar-refractivity contribution >= 4 is 0 Å². The minimum Gasteiger partial charge on any atom is -0.497 e. The van der Waals surface area contributed by atoms with Gasteiger partial charge in [-0.25, -0.2) is 0 Å². The van der Waals surface area contributed by atoms with Crippen LogP contribution in [0.1, 0.15) is 40.5 Å². The lowest BCUT2D eigenvalue weighted by Crippen LogP contribution is -2.60. The molecule has 106 valence electrons. The molecule has 2 rings (SSSR count). The van der Waals surface area contributed by atoms with Crippen molar-refractivity contribution in [3.8, 4) is 11.5 Å². The molecule has 0 radical (unpaired) electrons. The molecule has 0 unspecified atom stereocenters. The molecule has 0 atom stereocenters. The second kappa shape index (κ2) is 5.04. The standard InChI is InChI=1S/C16H25NO2/c1-15(2)10-14(11-16(3,4)17-15)19-13-8-6-12(18-5)7-9-13/h6-9,14,17H,10-11H2,1-5H3. The monoisotopic (exact) mass is 263 g/mol. The Kier molecular flexibility index (Phi) is 3.77. The number of nitrogens with one attached hydrogen (secondary N) is 1. The number of hydrogen-bond acceptors (Lipinski definition) is 3. The largest absolute Gasteiger partial charge is 0.497 e. The van der Waals surface area contributed by atoms with Gasteiger partial charge in [0.1, 0.15) is 17.6 Å². The molecule has 0 aromatic heterocycles. The van der Waals surface area contributed by atoms with Crippen molar-refractivity contribution in [2.45, 2.75) is 57.7 Å². The SMILES string of the molecule is COc1ccc(OC2CC(C)(C)NC(C)(C)C2)cc1. The fourth-order valence-electron chi connectivity index (χ4n) is 3.16. The first-order valence-electron chi connectivity index (χ1n) is 6.90. The van der Waals surface area contributed by atoms with Crippen LogP contribution < -0.4 is 14.8 Å². The van der Waals surface area contributed by atoms with E-state index in [0.29, 0.717) is 0 Å². The van der Waals surface area contributed by atoms with Gasteiger partial charge in [0.2, 0.25) is 0 Å². The van der Waals surface area contributed by atoms with Crippen LogP contribution in [-0.4, -0.2) is 24.3 Å². The molecule has 1 heterocycles. The molecule has 0 aliphatic carbocycles. The van der Waals surface area contributed by atoms with E-state index in [2.05, 4.69) is 33.0 Å².